The van der Waals surface area contributed by atoms with Crippen molar-refractivity contribution in [2.24, 2.45) is 4.99 Å². The highest BCUT2D eigenvalue weighted by Gasteiger charge is 2.20. The van der Waals surface area contributed by atoms with Gasteiger partial charge in [0.25, 0.3) is 0 Å². The van der Waals surface area contributed by atoms with Gasteiger partial charge in [-0.2, -0.15) is 4.99 Å². The average Bonchev–Trinajstić information content (AvgIpc) is 3.60. The number of aromatic nitrogens is 4. The summed E-state index contributed by atoms with van der Waals surface area (Å²) < 4.78 is 2.26. The molecule has 0 spiro atoms. The molecule has 0 aliphatic heterocycles. The van der Waals surface area contributed by atoms with Crippen molar-refractivity contribution in [2.75, 3.05) is 0 Å². The Morgan fingerprint density at radius 3 is 1.78 bits per heavy atom. The predicted molar refractivity (Wildman–Crippen MR) is 203 cm³/mol. The molecule has 0 radical (unpaired) electrons. The van der Waals surface area contributed by atoms with Gasteiger partial charge in [-0.05, 0) is 34.5 Å². The molecule has 6 nitrogen and oxygen atoms in total. The van der Waals surface area contributed by atoms with Crippen molar-refractivity contribution < 1.29 is 0 Å². The molecule has 7 aromatic carbocycles. The third-order valence-electron chi connectivity index (χ3n) is 9.09. The SMILES string of the molecule is N=C(/N=c1/nc(-c2ccccc2)cc(-c2ccccc2)[nH]1)c1ccc(-c2nc3c4ccccc4c4ccccc4c3n2-c2ccccc2)cc1. The number of benzene rings is 7. The molecule has 2 N–H and O–H groups in total. The zero-order valence-electron chi connectivity index (χ0n) is 27.0. The van der Waals surface area contributed by atoms with Gasteiger partial charge in [0.05, 0.1) is 22.4 Å². The van der Waals surface area contributed by atoms with E-state index in [1.165, 1.54) is 10.8 Å². The van der Waals surface area contributed by atoms with Crippen LogP contribution < -0.4 is 5.62 Å². The van der Waals surface area contributed by atoms with Gasteiger partial charge in [0.1, 0.15) is 5.82 Å². The normalized spacial score (nSPS) is 11.8. The van der Waals surface area contributed by atoms with Gasteiger partial charge in [0.15, 0.2) is 5.84 Å². The van der Waals surface area contributed by atoms with Crippen LogP contribution in [0.25, 0.3) is 72.2 Å². The number of aromatic amines is 1. The van der Waals surface area contributed by atoms with Gasteiger partial charge in [-0.3, -0.25) is 9.98 Å². The highest BCUT2D eigenvalue weighted by Crippen LogP contribution is 2.39. The molecule has 0 amide bonds. The third kappa shape index (κ3) is 5.16. The Labute approximate surface area is 288 Å². The van der Waals surface area contributed by atoms with Crippen LogP contribution in [-0.4, -0.2) is 25.4 Å². The van der Waals surface area contributed by atoms with Crippen molar-refractivity contribution in [3.8, 4) is 39.6 Å². The van der Waals surface area contributed by atoms with Crippen molar-refractivity contribution in [1.82, 2.24) is 19.5 Å². The van der Waals surface area contributed by atoms with Gasteiger partial charge < -0.3 is 4.98 Å². The fourth-order valence-corrected chi connectivity index (χ4v) is 6.73. The van der Waals surface area contributed by atoms with E-state index in [0.29, 0.717) is 11.2 Å². The summed E-state index contributed by atoms with van der Waals surface area (Å²) in [5.41, 5.74) is 8.70. The lowest BCUT2D eigenvalue weighted by atomic mass is 10.00. The van der Waals surface area contributed by atoms with Crippen LogP contribution in [0.4, 0.5) is 0 Å². The van der Waals surface area contributed by atoms with E-state index < -0.39 is 0 Å². The van der Waals surface area contributed by atoms with Crippen LogP contribution in [0, 0.1) is 5.41 Å². The van der Waals surface area contributed by atoms with Crippen molar-refractivity contribution in [2.45, 2.75) is 0 Å². The number of imidazole rings is 1. The molecule has 0 fully saturated rings. The summed E-state index contributed by atoms with van der Waals surface area (Å²) in [7, 11) is 0. The topological polar surface area (TPSA) is 82.7 Å². The molecule has 0 aliphatic carbocycles. The van der Waals surface area contributed by atoms with Gasteiger partial charge in [0, 0.05) is 33.2 Å². The fourth-order valence-electron chi connectivity index (χ4n) is 6.73. The zero-order chi connectivity index (χ0) is 33.4. The average molecular weight is 643 g/mol. The minimum atomic E-state index is 0.109. The first-order valence-electron chi connectivity index (χ1n) is 16.5. The quantitative estimate of drug-likeness (QED) is 0.111. The second kappa shape index (κ2) is 12.3. The van der Waals surface area contributed by atoms with Crippen LogP contribution in [-0.2, 0) is 0 Å². The predicted octanol–water partition coefficient (Wildman–Crippen LogP) is 9.98. The summed E-state index contributed by atoms with van der Waals surface area (Å²) >= 11 is 0. The minimum absolute atomic E-state index is 0.109. The van der Waals surface area contributed by atoms with Crippen LogP contribution in [0.1, 0.15) is 5.56 Å². The minimum Gasteiger partial charge on any atom is -0.323 e. The molecule has 0 bridgehead atoms. The second-order valence-corrected chi connectivity index (χ2v) is 12.2. The molecule has 50 heavy (non-hydrogen) atoms. The molecule has 9 aromatic rings. The van der Waals surface area contributed by atoms with E-state index in [-0.39, 0.29) is 5.84 Å². The smallest absolute Gasteiger partial charge is 0.229 e. The molecular formula is C44H30N6. The number of para-hydroxylation sites is 1. The molecule has 0 atom stereocenters. The summed E-state index contributed by atoms with van der Waals surface area (Å²) in [6, 6.07) is 57.5. The molecule has 2 aromatic heterocycles. The van der Waals surface area contributed by atoms with E-state index in [0.717, 1.165) is 61.4 Å². The number of hydrogen-bond acceptors (Lipinski definition) is 3. The lowest BCUT2D eigenvalue weighted by Crippen LogP contribution is -2.17. The summed E-state index contributed by atoms with van der Waals surface area (Å²) in [5, 5.41) is 13.6. The van der Waals surface area contributed by atoms with Crippen LogP contribution in [0.3, 0.4) is 0 Å². The van der Waals surface area contributed by atoms with Crippen molar-refractivity contribution in [1.29, 1.82) is 5.41 Å². The van der Waals surface area contributed by atoms with E-state index in [1.807, 2.05) is 97.1 Å². The van der Waals surface area contributed by atoms with Gasteiger partial charge in [-0.1, -0.05) is 152 Å². The van der Waals surface area contributed by atoms with E-state index in [1.54, 1.807) is 0 Å². The molecule has 0 unspecified atom stereocenters. The molecule has 6 heteroatoms. The fraction of sp³-hybridized carbons (Fsp3) is 0. The van der Waals surface area contributed by atoms with Gasteiger partial charge >= 0.3 is 0 Å². The molecule has 9 rings (SSSR count). The third-order valence-corrected chi connectivity index (χ3v) is 9.09. The Morgan fingerprint density at radius 2 is 1.10 bits per heavy atom. The lowest BCUT2D eigenvalue weighted by molar-refractivity contribution is 1.03. The van der Waals surface area contributed by atoms with Crippen LogP contribution in [0.15, 0.2) is 175 Å². The summed E-state index contributed by atoms with van der Waals surface area (Å²) in [5.74, 6) is 0.943. The maximum absolute atomic E-state index is 8.99. The molecular weight excluding hydrogens is 613 g/mol. The lowest BCUT2D eigenvalue weighted by Gasteiger charge is -2.12. The Bertz CT molecular complexity index is 2690. The number of rotatable bonds is 5. The number of fused-ring (bicyclic) bond motifs is 6. The van der Waals surface area contributed by atoms with E-state index in [4.69, 9.17) is 15.4 Å². The summed E-state index contributed by atoms with van der Waals surface area (Å²) in [6.45, 7) is 0. The number of nitrogens with one attached hydrogen (secondary N) is 2. The summed E-state index contributed by atoms with van der Waals surface area (Å²) in [4.78, 5) is 18.1. The van der Waals surface area contributed by atoms with Crippen LogP contribution in [0.2, 0.25) is 0 Å². The van der Waals surface area contributed by atoms with Crippen molar-refractivity contribution >= 4 is 38.4 Å². The highest BCUT2D eigenvalue weighted by atomic mass is 15.1. The first-order chi connectivity index (χ1) is 24.7. The number of hydrogen-bond donors (Lipinski definition) is 2. The molecule has 0 saturated heterocycles. The largest absolute Gasteiger partial charge is 0.323 e. The molecule has 0 saturated carbocycles. The first kappa shape index (κ1) is 29.2. The van der Waals surface area contributed by atoms with Gasteiger partial charge in [-0.25, -0.2) is 9.97 Å². The van der Waals surface area contributed by atoms with E-state index >= 15 is 0 Å². The summed E-state index contributed by atoms with van der Waals surface area (Å²) in [6.07, 6.45) is 0. The maximum Gasteiger partial charge on any atom is 0.229 e. The Kier molecular flexibility index (Phi) is 7.17. The second-order valence-electron chi connectivity index (χ2n) is 12.2. The Hall–Kier alpha value is -6.92. The van der Waals surface area contributed by atoms with Crippen molar-refractivity contribution in [3.05, 3.63) is 181 Å². The molecule has 0 aliphatic rings. The standard InChI is InChI=1S/C44H30N6/c45-42(49-44-46-38(29-14-4-1-5-15-29)28-39(47-44)30-16-6-2-7-17-30)31-24-26-32(27-25-31)43-48-40-36-22-12-10-20-34(36)35-21-11-13-23-37(35)41(40)50(43)33-18-8-3-9-19-33/h1-28H,(H2,45,46,47,49). The number of nitrogens with zero attached hydrogens (tertiary/aromatic N) is 4. The Balaban J connectivity index is 1.17. The van der Waals surface area contributed by atoms with E-state index in [2.05, 4.69) is 87.3 Å². The van der Waals surface area contributed by atoms with Gasteiger partial charge in [-0.15, -0.1) is 0 Å². The molecule has 2 heterocycles. The van der Waals surface area contributed by atoms with Crippen molar-refractivity contribution in [3.63, 3.8) is 0 Å². The van der Waals surface area contributed by atoms with Crippen LogP contribution >= 0.6 is 0 Å². The first-order valence-corrected chi connectivity index (χ1v) is 16.5. The van der Waals surface area contributed by atoms with E-state index in [9.17, 15) is 0 Å². The number of amidine groups is 1. The number of H-pyrrole nitrogens is 1. The zero-order valence-corrected chi connectivity index (χ0v) is 27.0. The molecule has 236 valence electrons. The van der Waals surface area contributed by atoms with Gasteiger partial charge in [0.2, 0.25) is 5.62 Å². The highest BCUT2D eigenvalue weighted by molar-refractivity contribution is 6.24. The van der Waals surface area contributed by atoms with Crippen LogP contribution in [0.5, 0.6) is 0 Å². The Morgan fingerprint density at radius 1 is 0.540 bits per heavy atom. The monoisotopic (exact) mass is 642 g/mol. The maximum atomic E-state index is 8.99.